The second-order valence-corrected chi connectivity index (χ2v) is 5.93. The van der Waals surface area contributed by atoms with Crippen molar-refractivity contribution in [2.45, 2.75) is 38.9 Å². The Hall–Kier alpha value is -3.33. The lowest BCUT2D eigenvalue weighted by Crippen LogP contribution is -2.42. The van der Waals surface area contributed by atoms with Gasteiger partial charge in [0, 0.05) is 6.42 Å². The Balaban J connectivity index is -0.000000439. The monoisotopic (exact) mass is 459 g/mol. The summed E-state index contributed by atoms with van der Waals surface area (Å²) in [6, 6.07) is 19.1. The molecular weight excluding hydrogens is 418 g/mol. The smallest absolute Gasteiger partial charge is 0.237 e. The van der Waals surface area contributed by atoms with Gasteiger partial charge in [-0.3, -0.25) is 9.59 Å². The van der Waals surface area contributed by atoms with E-state index in [1.807, 2.05) is 69.4 Å². The highest BCUT2D eigenvalue weighted by atomic mass is 16.2. The van der Waals surface area contributed by atoms with Crippen LogP contribution < -0.4 is 27.8 Å². The van der Waals surface area contributed by atoms with Gasteiger partial charge in [-0.15, -0.1) is 13.2 Å². The van der Waals surface area contributed by atoms with Crippen molar-refractivity contribution in [1.82, 2.24) is 10.6 Å². The molecule has 0 bridgehead atoms. The van der Waals surface area contributed by atoms with Crippen molar-refractivity contribution in [2.24, 2.45) is 17.2 Å². The second kappa shape index (κ2) is 26.7. The topological polar surface area (TPSA) is 153 Å². The van der Waals surface area contributed by atoms with Gasteiger partial charge in [-0.2, -0.15) is 0 Å². The molecule has 2 amide bonds. The molecule has 0 radical (unpaired) electrons. The molecule has 2 rings (SSSR count). The van der Waals surface area contributed by atoms with Crippen LogP contribution >= 0.6 is 0 Å². The van der Waals surface area contributed by atoms with Crippen LogP contribution in [0.2, 0.25) is 0 Å². The molecular formula is C25H41N5O3. The number of carbonyl (C=O) groups is 3. The first kappa shape index (κ1) is 34.3. The number of carbonyl (C=O) groups excluding carboxylic acids is 3. The van der Waals surface area contributed by atoms with Crippen molar-refractivity contribution < 1.29 is 14.4 Å². The zero-order valence-corrected chi connectivity index (χ0v) is 20.1. The molecule has 0 heterocycles. The molecule has 0 fully saturated rings. The Morgan fingerprint density at radius 3 is 1.67 bits per heavy atom. The Morgan fingerprint density at radius 2 is 1.30 bits per heavy atom. The average Bonchev–Trinajstić information content (AvgIpc) is 2.87. The molecule has 2 aromatic carbocycles. The van der Waals surface area contributed by atoms with Gasteiger partial charge in [0.15, 0.2) is 0 Å². The van der Waals surface area contributed by atoms with Gasteiger partial charge in [0.25, 0.3) is 0 Å². The van der Waals surface area contributed by atoms with E-state index in [0.717, 1.165) is 12.0 Å². The number of nitrogens with two attached hydrogens (primary N) is 3. The maximum absolute atomic E-state index is 11.3. The lowest BCUT2D eigenvalue weighted by molar-refractivity contribution is -0.123. The highest BCUT2D eigenvalue weighted by Crippen LogP contribution is 2.01. The van der Waals surface area contributed by atoms with Gasteiger partial charge >= 0.3 is 0 Å². The summed E-state index contributed by atoms with van der Waals surface area (Å²) >= 11 is 0. The molecule has 2 aromatic rings. The van der Waals surface area contributed by atoms with Crippen molar-refractivity contribution >= 4 is 18.6 Å². The molecule has 184 valence electrons. The standard InChI is InChI=1S/C11H14N2O2.C9H14N2.C2H6.C2H4.CH3NO/c12-10(11(15)13-6-7-14)8-9-4-2-1-3-5-9;1-11-9(10)7-8-5-3-2-4-6-8;2*1-2;2-1-3/h1-5,7,10H,6,8,12H2,(H,13,15);2-6,9,11H,7,10H2,1H3;1-2H3;1-2H2;1H,(H2,2,3)/t10-;9-;;;/m00.../s1. The van der Waals surface area contributed by atoms with E-state index in [1.54, 1.807) is 0 Å². The fraction of sp³-hybridized carbons (Fsp3) is 0.320. The zero-order chi connectivity index (χ0) is 25.9. The summed E-state index contributed by atoms with van der Waals surface area (Å²) in [5.74, 6) is -0.300. The molecule has 33 heavy (non-hydrogen) atoms. The molecule has 0 saturated carbocycles. The summed E-state index contributed by atoms with van der Waals surface area (Å²) in [6.07, 6.45) is 2.31. The number of aldehydes is 1. The third-order valence-electron chi connectivity index (χ3n) is 3.66. The largest absolute Gasteiger partial charge is 0.372 e. The minimum absolute atomic E-state index is 0.0152. The first-order valence-electron chi connectivity index (χ1n) is 10.6. The van der Waals surface area contributed by atoms with Gasteiger partial charge in [-0.25, -0.2) is 0 Å². The molecule has 8 heteroatoms. The Labute approximate surface area is 198 Å². The Morgan fingerprint density at radius 1 is 0.909 bits per heavy atom. The minimum atomic E-state index is -0.604. The van der Waals surface area contributed by atoms with Gasteiger partial charge in [0.1, 0.15) is 6.29 Å². The van der Waals surface area contributed by atoms with Crippen LogP contribution in [0.4, 0.5) is 0 Å². The Kier molecular flexibility index (Phi) is 27.7. The number of likely N-dealkylation sites (N-methyl/N-ethyl adjacent to an activating group) is 1. The maximum Gasteiger partial charge on any atom is 0.237 e. The second-order valence-electron chi connectivity index (χ2n) is 5.93. The summed E-state index contributed by atoms with van der Waals surface area (Å²) in [5, 5.41) is 5.41. The number of primary amides is 1. The highest BCUT2D eigenvalue weighted by molar-refractivity contribution is 5.83. The summed E-state index contributed by atoms with van der Waals surface area (Å²) in [7, 11) is 1.87. The van der Waals surface area contributed by atoms with E-state index >= 15 is 0 Å². The fourth-order valence-electron chi connectivity index (χ4n) is 2.20. The third-order valence-corrected chi connectivity index (χ3v) is 3.66. The van der Waals surface area contributed by atoms with E-state index in [9.17, 15) is 9.59 Å². The summed E-state index contributed by atoms with van der Waals surface area (Å²) in [6.45, 7) is 10.0. The minimum Gasteiger partial charge on any atom is -0.372 e. The van der Waals surface area contributed by atoms with Crippen LogP contribution in [0.1, 0.15) is 25.0 Å². The van der Waals surface area contributed by atoms with E-state index in [-0.39, 0.29) is 25.0 Å². The predicted octanol–water partition coefficient (Wildman–Crippen LogP) is 1.53. The average molecular weight is 460 g/mol. The SMILES string of the molecule is C=C.CC.CN[C@H](N)Cc1ccccc1.NC=O.N[C@@H](Cc1ccccc1)C(=O)NCC=O. The van der Waals surface area contributed by atoms with Crippen molar-refractivity contribution in [3.8, 4) is 0 Å². The van der Waals surface area contributed by atoms with Gasteiger partial charge in [-0.1, -0.05) is 74.5 Å². The lowest BCUT2D eigenvalue weighted by atomic mass is 10.1. The van der Waals surface area contributed by atoms with Crippen LogP contribution in [0, 0.1) is 0 Å². The molecule has 0 aromatic heterocycles. The van der Waals surface area contributed by atoms with Crippen LogP contribution in [-0.2, 0) is 27.2 Å². The maximum atomic E-state index is 11.3. The van der Waals surface area contributed by atoms with Crippen LogP contribution in [0.3, 0.4) is 0 Å². The molecule has 0 unspecified atom stereocenters. The van der Waals surface area contributed by atoms with Crippen LogP contribution in [0.15, 0.2) is 73.8 Å². The van der Waals surface area contributed by atoms with Gasteiger partial charge < -0.3 is 32.6 Å². The van der Waals surface area contributed by atoms with Crippen molar-refractivity contribution in [2.75, 3.05) is 13.6 Å². The third kappa shape index (κ3) is 21.7. The van der Waals surface area contributed by atoms with Gasteiger partial charge in [-0.05, 0) is 24.6 Å². The molecule has 8 N–H and O–H groups in total. The van der Waals surface area contributed by atoms with E-state index < -0.39 is 6.04 Å². The number of hydrogen-bond donors (Lipinski definition) is 5. The van der Waals surface area contributed by atoms with Crippen molar-refractivity contribution in [3.05, 3.63) is 84.9 Å². The quantitative estimate of drug-likeness (QED) is 0.229. The molecule has 0 spiro atoms. The number of hydrogen-bond acceptors (Lipinski definition) is 6. The van der Waals surface area contributed by atoms with Crippen molar-refractivity contribution in [1.29, 1.82) is 0 Å². The normalized spacial score (nSPS) is 10.3. The summed E-state index contributed by atoms with van der Waals surface area (Å²) < 4.78 is 0. The molecule has 0 aliphatic rings. The first-order chi connectivity index (χ1) is 16.0. The molecule has 0 aliphatic carbocycles. The van der Waals surface area contributed by atoms with Crippen LogP contribution in [-0.4, -0.2) is 44.4 Å². The Bertz CT molecular complexity index is 700. The van der Waals surface area contributed by atoms with E-state index in [2.05, 4.69) is 41.7 Å². The van der Waals surface area contributed by atoms with Crippen molar-refractivity contribution in [3.63, 3.8) is 0 Å². The molecule has 0 aliphatic heterocycles. The number of rotatable bonds is 8. The van der Waals surface area contributed by atoms with Gasteiger partial charge in [0.2, 0.25) is 12.3 Å². The number of benzene rings is 2. The van der Waals surface area contributed by atoms with E-state index in [0.29, 0.717) is 12.7 Å². The highest BCUT2D eigenvalue weighted by Gasteiger charge is 2.12. The molecule has 0 saturated heterocycles. The lowest BCUT2D eigenvalue weighted by Gasteiger charge is -2.10. The summed E-state index contributed by atoms with van der Waals surface area (Å²) in [5.41, 5.74) is 17.8. The summed E-state index contributed by atoms with van der Waals surface area (Å²) in [4.78, 5) is 29.9. The molecule has 2 atom stereocenters. The number of nitrogens with one attached hydrogen (secondary N) is 2. The number of amides is 2. The van der Waals surface area contributed by atoms with E-state index in [1.165, 1.54) is 5.56 Å². The van der Waals surface area contributed by atoms with Gasteiger partial charge in [0.05, 0.1) is 18.8 Å². The first-order valence-corrected chi connectivity index (χ1v) is 10.6. The van der Waals surface area contributed by atoms with Crippen LogP contribution in [0.25, 0.3) is 0 Å². The molecule has 8 nitrogen and oxygen atoms in total. The van der Waals surface area contributed by atoms with Crippen LogP contribution in [0.5, 0.6) is 0 Å². The fourth-order valence-corrected chi connectivity index (χ4v) is 2.20. The predicted molar refractivity (Wildman–Crippen MR) is 137 cm³/mol. The zero-order valence-electron chi connectivity index (χ0n) is 20.1. The van der Waals surface area contributed by atoms with E-state index in [4.69, 9.17) is 16.3 Å².